The lowest BCUT2D eigenvalue weighted by Gasteiger charge is -2.23. The van der Waals surface area contributed by atoms with E-state index in [0.717, 1.165) is 12.8 Å². The molecule has 0 fully saturated rings. The van der Waals surface area contributed by atoms with E-state index in [0.29, 0.717) is 19.5 Å². The number of hydrogen-bond acceptors (Lipinski definition) is 2. The molecule has 0 saturated carbocycles. The number of amides is 1. The lowest BCUT2D eigenvalue weighted by Crippen LogP contribution is -2.36. The number of carboxylic acids is 1. The van der Waals surface area contributed by atoms with Gasteiger partial charge in [-0.25, -0.2) is 0 Å². The largest absolute Gasteiger partial charge is 0.481 e. The standard InChI is InChI=1S/C11H21NO3/c1-4-6-7-12(9(3)13)8-10(5-2)11(14)15/h10H,4-8H2,1-3H3,(H,14,15). The van der Waals surface area contributed by atoms with E-state index in [1.54, 1.807) is 4.90 Å². The molecule has 0 aromatic heterocycles. The molecule has 0 aromatic rings. The number of rotatable bonds is 7. The highest BCUT2D eigenvalue weighted by atomic mass is 16.4. The van der Waals surface area contributed by atoms with Crippen molar-refractivity contribution in [1.82, 2.24) is 4.90 Å². The molecule has 0 spiro atoms. The van der Waals surface area contributed by atoms with Gasteiger partial charge in [-0.1, -0.05) is 20.3 Å². The molecule has 0 aromatic carbocycles. The first-order valence-corrected chi connectivity index (χ1v) is 5.51. The lowest BCUT2D eigenvalue weighted by molar-refractivity contribution is -0.143. The topological polar surface area (TPSA) is 57.6 Å². The Morgan fingerprint density at radius 3 is 2.27 bits per heavy atom. The Morgan fingerprint density at radius 2 is 1.93 bits per heavy atom. The van der Waals surface area contributed by atoms with Gasteiger partial charge in [-0.15, -0.1) is 0 Å². The van der Waals surface area contributed by atoms with Gasteiger partial charge < -0.3 is 10.0 Å². The number of carboxylic acid groups (broad SMARTS) is 1. The minimum absolute atomic E-state index is 0.0387. The molecular formula is C11H21NO3. The molecule has 0 bridgehead atoms. The van der Waals surface area contributed by atoms with Crippen molar-refractivity contribution >= 4 is 11.9 Å². The summed E-state index contributed by atoms with van der Waals surface area (Å²) in [5.41, 5.74) is 0. The third kappa shape index (κ3) is 5.40. The summed E-state index contributed by atoms with van der Waals surface area (Å²) in [4.78, 5) is 23.7. The molecule has 1 amide bonds. The average molecular weight is 215 g/mol. The molecule has 0 aliphatic rings. The Bertz CT molecular complexity index is 216. The second-order valence-corrected chi connectivity index (χ2v) is 3.76. The quantitative estimate of drug-likeness (QED) is 0.703. The number of hydrogen-bond donors (Lipinski definition) is 1. The molecule has 0 aliphatic heterocycles. The highest BCUT2D eigenvalue weighted by molar-refractivity contribution is 5.75. The van der Waals surface area contributed by atoms with Crippen LogP contribution in [0.2, 0.25) is 0 Å². The summed E-state index contributed by atoms with van der Waals surface area (Å²) in [5.74, 6) is -1.30. The van der Waals surface area contributed by atoms with Crippen LogP contribution in [-0.2, 0) is 9.59 Å². The molecule has 0 heterocycles. The van der Waals surface area contributed by atoms with Crippen LogP contribution >= 0.6 is 0 Å². The molecule has 0 radical (unpaired) electrons. The molecule has 0 aliphatic carbocycles. The van der Waals surface area contributed by atoms with Crippen LogP contribution in [0.1, 0.15) is 40.0 Å². The fraction of sp³-hybridized carbons (Fsp3) is 0.818. The molecule has 0 rings (SSSR count). The van der Waals surface area contributed by atoms with Crippen LogP contribution in [0.15, 0.2) is 0 Å². The van der Waals surface area contributed by atoms with Crippen molar-refractivity contribution in [3.63, 3.8) is 0 Å². The molecule has 4 nitrogen and oxygen atoms in total. The predicted octanol–water partition coefficient (Wildman–Crippen LogP) is 1.75. The second kappa shape index (κ2) is 7.26. The van der Waals surface area contributed by atoms with E-state index in [1.165, 1.54) is 6.92 Å². The first-order valence-electron chi connectivity index (χ1n) is 5.51. The number of unbranched alkanes of at least 4 members (excludes halogenated alkanes) is 1. The third-order valence-electron chi connectivity index (χ3n) is 2.51. The third-order valence-corrected chi connectivity index (χ3v) is 2.51. The van der Waals surface area contributed by atoms with E-state index in [-0.39, 0.29) is 5.91 Å². The summed E-state index contributed by atoms with van der Waals surface area (Å²) in [5, 5.41) is 8.89. The number of carbonyl (C=O) groups excluding carboxylic acids is 1. The SMILES string of the molecule is CCCCN(CC(CC)C(=O)O)C(C)=O. The molecule has 1 unspecified atom stereocenters. The first-order chi connectivity index (χ1) is 7.02. The lowest BCUT2D eigenvalue weighted by atomic mass is 10.1. The van der Waals surface area contributed by atoms with Gasteiger partial charge in [0, 0.05) is 20.0 Å². The van der Waals surface area contributed by atoms with Gasteiger partial charge >= 0.3 is 5.97 Å². The van der Waals surface area contributed by atoms with Crippen molar-refractivity contribution in [2.45, 2.75) is 40.0 Å². The maximum Gasteiger partial charge on any atom is 0.308 e. The predicted molar refractivity (Wildman–Crippen MR) is 58.6 cm³/mol. The number of carbonyl (C=O) groups is 2. The Morgan fingerprint density at radius 1 is 1.33 bits per heavy atom. The summed E-state index contributed by atoms with van der Waals surface area (Å²) in [6.45, 7) is 6.37. The normalized spacial score (nSPS) is 12.2. The molecule has 1 N–H and O–H groups in total. The van der Waals surface area contributed by atoms with Gasteiger partial charge in [0.2, 0.25) is 5.91 Å². The van der Waals surface area contributed by atoms with E-state index in [4.69, 9.17) is 5.11 Å². The minimum Gasteiger partial charge on any atom is -0.481 e. The van der Waals surface area contributed by atoms with Gasteiger partial charge in [0.15, 0.2) is 0 Å². The summed E-state index contributed by atoms with van der Waals surface area (Å²) in [6, 6.07) is 0. The molecule has 15 heavy (non-hydrogen) atoms. The van der Waals surface area contributed by atoms with Crippen LogP contribution in [0.4, 0.5) is 0 Å². The Kier molecular flexibility index (Phi) is 6.75. The molecule has 4 heteroatoms. The highest BCUT2D eigenvalue weighted by Gasteiger charge is 2.20. The van der Waals surface area contributed by atoms with Crippen molar-refractivity contribution in [3.05, 3.63) is 0 Å². The van der Waals surface area contributed by atoms with E-state index >= 15 is 0 Å². The summed E-state index contributed by atoms with van der Waals surface area (Å²) >= 11 is 0. The van der Waals surface area contributed by atoms with E-state index < -0.39 is 11.9 Å². The fourth-order valence-electron chi connectivity index (χ4n) is 1.37. The zero-order valence-electron chi connectivity index (χ0n) is 9.82. The monoisotopic (exact) mass is 215 g/mol. The second-order valence-electron chi connectivity index (χ2n) is 3.76. The Hall–Kier alpha value is -1.06. The number of aliphatic carboxylic acids is 1. The van der Waals surface area contributed by atoms with Crippen LogP contribution < -0.4 is 0 Å². The molecule has 0 saturated heterocycles. The van der Waals surface area contributed by atoms with Crippen LogP contribution in [0, 0.1) is 5.92 Å². The van der Waals surface area contributed by atoms with Crippen molar-refractivity contribution in [3.8, 4) is 0 Å². The maximum atomic E-state index is 11.3. The number of nitrogens with zero attached hydrogens (tertiary/aromatic N) is 1. The van der Waals surface area contributed by atoms with Crippen LogP contribution in [-0.4, -0.2) is 35.0 Å². The van der Waals surface area contributed by atoms with Gasteiger partial charge in [-0.05, 0) is 12.8 Å². The van der Waals surface area contributed by atoms with Crippen molar-refractivity contribution in [1.29, 1.82) is 0 Å². The van der Waals surface area contributed by atoms with Gasteiger partial charge in [0.05, 0.1) is 5.92 Å². The van der Waals surface area contributed by atoms with Crippen molar-refractivity contribution < 1.29 is 14.7 Å². The average Bonchev–Trinajstić information content (AvgIpc) is 2.17. The van der Waals surface area contributed by atoms with Crippen LogP contribution in [0.25, 0.3) is 0 Å². The summed E-state index contributed by atoms with van der Waals surface area (Å²) in [6.07, 6.45) is 2.49. The van der Waals surface area contributed by atoms with Crippen molar-refractivity contribution in [2.75, 3.05) is 13.1 Å². The fourth-order valence-corrected chi connectivity index (χ4v) is 1.37. The Labute approximate surface area is 91.3 Å². The van der Waals surface area contributed by atoms with E-state index in [2.05, 4.69) is 0 Å². The van der Waals surface area contributed by atoms with E-state index in [9.17, 15) is 9.59 Å². The maximum absolute atomic E-state index is 11.3. The zero-order valence-corrected chi connectivity index (χ0v) is 9.82. The summed E-state index contributed by atoms with van der Waals surface area (Å²) < 4.78 is 0. The molecule has 1 atom stereocenters. The summed E-state index contributed by atoms with van der Waals surface area (Å²) in [7, 11) is 0. The zero-order chi connectivity index (χ0) is 11.8. The van der Waals surface area contributed by atoms with Crippen LogP contribution in [0.3, 0.4) is 0 Å². The van der Waals surface area contributed by atoms with Gasteiger partial charge in [-0.3, -0.25) is 9.59 Å². The molecular weight excluding hydrogens is 194 g/mol. The van der Waals surface area contributed by atoms with Crippen LogP contribution in [0.5, 0.6) is 0 Å². The highest BCUT2D eigenvalue weighted by Crippen LogP contribution is 2.07. The van der Waals surface area contributed by atoms with E-state index in [1.807, 2.05) is 13.8 Å². The smallest absolute Gasteiger partial charge is 0.308 e. The van der Waals surface area contributed by atoms with Crippen molar-refractivity contribution in [2.24, 2.45) is 5.92 Å². The van der Waals surface area contributed by atoms with Gasteiger partial charge in [-0.2, -0.15) is 0 Å². The Balaban J connectivity index is 4.25. The van der Waals surface area contributed by atoms with Gasteiger partial charge in [0.1, 0.15) is 0 Å². The van der Waals surface area contributed by atoms with Gasteiger partial charge in [0.25, 0.3) is 0 Å². The first kappa shape index (κ1) is 13.9. The minimum atomic E-state index is -0.819. The molecule has 88 valence electrons.